The first-order valence-corrected chi connectivity index (χ1v) is 10.5. The van der Waals surface area contributed by atoms with Crippen LogP contribution in [0.2, 0.25) is 5.02 Å². The molecule has 0 aliphatic carbocycles. The number of benzene rings is 1. The molecule has 0 radical (unpaired) electrons. The van der Waals surface area contributed by atoms with Crippen molar-refractivity contribution in [1.82, 2.24) is 29.3 Å². The Morgan fingerprint density at radius 1 is 1.16 bits per heavy atom. The van der Waals surface area contributed by atoms with Gasteiger partial charge in [0.25, 0.3) is 5.91 Å². The van der Waals surface area contributed by atoms with E-state index >= 15 is 0 Å². The molecular weight excluding hydrogens is 489 g/mol. The highest BCUT2D eigenvalue weighted by Crippen LogP contribution is 2.22. The third-order valence-electron chi connectivity index (χ3n) is 4.68. The van der Waals surface area contributed by atoms with Crippen LogP contribution in [0.5, 0.6) is 0 Å². The highest BCUT2D eigenvalue weighted by molar-refractivity contribution is 9.10. The summed E-state index contributed by atoms with van der Waals surface area (Å²) in [7, 11) is 0. The highest BCUT2D eigenvalue weighted by atomic mass is 79.9. The molecule has 4 aromatic rings. The van der Waals surface area contributed by atoms with Gasteiger partial charge in [-0.15, -0.1) is 0 Å². The van der Waals surface area contributed by atoms with E-state index in [9.17, 15) is 9.18 Å². The predicted molar refractivity (Wildman–Crippen MR) is 118 cm³/mol. The van der Waals surface area contributed by atoms with E-state index in [0.717, 1.165) is 15.9 Å². The maximum absolute atomic E-state index is 13.9. The smallest absolute Gasteiger partial charge is 0.277 e. The van der Waals surface area contributed by atoms with Crippen molar-refractivity contribution < 1.29 is 9.18 Å². The van der Waals surface area contributed by atoms with Crippen molar-refractivity contribution in [1.29, 1.82) is 0 Å². The van der Waals surface area contributed by atoms with Gasteiger partial charge in [-0.3, -0.25) is 14.2 Å². The molecule has 31 heavy (non-hydrogen) atoms. The largest absolute Gasteiger partial charge is 0.302 e. The van der Waals surface area contributed by atoms with Gasteiger partial charge in [0.1, 0.15) is 17.5 Å². The molecule has 8 nitrogen and oxygen atoms in total. The van der Waals surface area contributed by atoms with E-state index in [1.807, 2.05) is 13.8 Å². The monoisotopic (exact) mass is 505 g/mol. The molecule has 1 aromatic carbocycles. The topological polar surface area (TPSA) is 82.6 Å². The number of hydrogen-bond acceptors (Lipinski definition) is 4. The summed E-state index contributed by atoms with van der Waals surface area (Å²) in [4.78, 5) is 12.6. The molecule has 0 atom stereocenters. The second-order valence-electron chi connectivity index (χ2n) is 6.93. The number of carbonyl (C=O) groups excluding carboxylic acids is 1. The Morgan fingerprint density at radius 2 is 1.94 bits per heavy atom. The van der Waals surface area contributed by atoms with Gasteiger partial charge in [-0.25, -0.2) is 9.07 Å². The molecular formula is C20H18BrClFN7O. The molecule has 3 heterocycles. The maximum Gasteiger partial charge on any atom is 0.277 e. The number of aryl methyl sites for hydroxylation is 1. The van der Waals surface area contributed by atoms with Gasteiger partial charge in [0.05, 0.1) is 22.4 Å². The van der Waals surface area contributed by atoms with Crippen molar-refractivity contribution in [2.75, 3.05) is 5.32 Å². The van der Waals surface area contributed by atoms with Gasteiger partial charge in [-0.05, 0) is 41.9 Å². The Kier molecular flexibility index (Phi) is 5.92. The van der Waals surface area contributed by atoms with Crippen molar-refractivity contribution in [3.63, 3.8) is 0 Å². The molecule has 4 rings (SSSR count). The van der Waals surface area contributed by atoms with Crippen LogP contribution in [0.1, 0.15) is 27.4 Å². The van der Waals surface area contributed by atoms with E-state index in [4.69, 9.17) is 11.6 Å². The summed E-state index contributed by atoms with van der Waals surface area (Å²) in [6.07, 6.45) is 3.22. The number of anilines is 1. The van der Waals surface area contributed by atoms with Crippen molar-refractivity contribution in [2.24, 2.45) is 0 Å². The number of carbonyl (C=O) groups is 1. The van der Waals surface area contributed by atoms with Crippen molar-refractivity contribution in [3.05, 3.63) is 80.7 Å². The van der Waals surface area contributed by atoms with Crippen LogP contribution >= 0.6 is 27.5 Å². The molecule has 0 fully saturated rings. The van der Waals surface area contributed by atoms with Gasteiger partial charge in [0.2, 0.25) is 0 Å². The van der Waals surface area contributed by atoms with Gasteiger partial charge in [-0.2, -0.15) is 15.3 Å². The summed E-state index contributed by atoms with van der Waals surface area (Å²) in [6.45, 7) is 4.41. The predicted octanol–water partition coefficient (Wildman–Crippen LogP) is 4.25. The molecule has 1 amide bonds. The fraction of sp³-hybridized carbons (Fsp3) is 0.200. The molecule has 3 aromatic heterocycles. The van der Waals surface area contributed by atoms with Gasteiger partial charge in [0.15, 0.2) is 11.5 Å². The zero-order valence-electron chi connectivity index (χ0n) is 16.7. The van der Waals surface area contributed by atoms with E-state index < -0.39 is 5.91 Å². The quantitative estimate of drug-likeness (QED) is 0.424. The number of nitrogens with one attached hydrogen (secondary N) is 1. The average molecular weight is 507 g/mol. The first-order valence-electron chi connectivity index (χ1n) is 9.32. The number of hydrogen-bond donors (Lipinski definition) is 1. The first-order chi connectivity index (χ1) is 14.8. The zero-order valence-corrected chi connectivity index (χ0v) is 19.0. The van der Waals surface area contributed by atoms with Gasteiger partial charge >= 0.3 is 0 Å². The summed E-state index contributed by atoms with van der Waals surface area (Å²) in [5.74, 6) is -0.605. The zero-order chi connectivity index (χ0) is 22.1. The SMILES string of the molecule is Cc1nn(Cn2ccc(C(=O)Nc3nn(Cc4ccccc4F)cc3Cl)n2)c(C)c1Br. The number of aromatic nitrogens is 6. The first kappa shape index (κ1) is 21.3. The Labute approximate surface area is 190 Å². The lowest BCUT2D eigenvalue weighted by molar-refractivity contribution is 0.102. The Bertz CT molecular complexity index is 1260. The third kappa shape index (κ3) is 4.54. The summed E-state index contributed by atoms with van der Waals surface area (Å²) in [5, 5.41) is 15.9. The lowest BCUT2D eigenvalue weighted by Gasteiger charge is -2.05. The minimum atomic E-state index is -0.452. The van der Waals surface area contributed by atoms with Crippen molar-refractivity contribution >= 4 is 39.3 Å². The van der Waals surface area contributed by atoms with E-state index in [-0.39, 0.29) is 28.9 Å². The van der Waals surface area contributed by atoms with Crippen LogP contribution in [0, 0.1) is 19.7 Å². The summed E-state index contributed by atoms with van der Waals surface area (Å²) < 4.78 is 19.7. The summed E-state index contributed by atoms with van der Waals surface area (Å²) >= 11 is 9.69. The number of amides is 1. The fourth-order valence-corrected chi connectivity index (χ4v) is 3.53. The van der Waals surface area contributed by atoms with Crippen LogP contribution in [0.25, 0.3) is 0 Å². The summed E-state index contributed by atoms with van der Waals surface area (Å²) in [6, 6.07) is 8.00. The second-order valence-corrected chi connectivity index (χ2v) is 8.14. The Morgan fingerprint density at radius 3 is 2.65 bits per heavy atom. The van der Waals surface area contributed by atoms with Crippen LogP contribution in [0.4, 0.5) is 10.2 Å². The van der Waals surface area contributed by atoms with E-state index in [1.165, 1.54) is 16.9 Å². The number of nitrogens with zero attached hydrogens (tertiary/aromatic N) is 6. The minimum Gasteiger partial charge on any atom is -0.302 e. The maximum atomic E-state index is 13.9. The average Bonchev–Trinajstić information content (AvgIpc) is 3.40. The molecule has 0 bridgehead atoms. The van der Waals surface area contributed by atoms with Crippen LogP contribution in [0.15, 0.2) is 47.2 Å². The molecule has 0 saturated carbocycles. The molecule has 11 heteroatoms. The molecule has 0 unspecified atom stereocenters. The molecule has 0 spiro atoms. The molecule has 0 aliphatic heterocycles. The van der Waals surface area contributed by atoms with Crippen LogP contribution in [0.3, 0.4) is 0 Å². The van der Waals surface area contributed by atoms with Crippen LogP contribution in [-0.4, -0.2) is 35.2 Å². The van der Waals surface area contributed by atoms with E-state index in [1.54, 1.807) is 39.8 Å². The van der Waals surface area contributed by atoms with E-state index in [2.05, 4.69) is 36.5 Å². The standard InChI is InChI=1S/C20H18BrClFN7O/c1-12-18(21)13(2)30(25-12)11-28-8-7-17(26-28)20(31)24-19-15(22)10-29(27-19)9-14-5-3-4-6-16(14)23/h3-8,10H,9,11H2,1-2H3,(H,24,27,31). The molecule has 1 N–H and O–H groups in total. The molecule has 0 aliphatic rings. The van der Waals surface area contributed by atoms with Crippen molar-refractivity contribution in [2.45, 2.75) is 27.1 Å². The fourth-order valence-electron chi connectivity index (χ4n) is 3.05. The third-order valence-corrected chi connectivity index (χ3v) is 6.11. The van der Waals surface area contributed by atoms with Gasteiger partial charge < -0.3 is 5.32 Å². The molecule has 0 saturated heterocycles. The van der Waals surface area contributed by atoms with Crippen LogP contribution in [-0.2, 0) is 13.2 Å². The number of rotatable bonds is 6. The van der Waals surface area contributed by atoms with E-state index in [0.29, 0.717) is 12.2 Å². The Balaban J connectivity index is 1.45. The number of halogens is 3. The second kappa shape index (κ2) is 8.64. The molecule has 160 valence electrons. The van der Waals surface area contributed by atoms with Crippen molar-refractivity contribution in [3.8, 4) is 0 Å². The lowest BCUT2D eigenvalue weighted by atomic mass is 10.2. The summed E-state index contributed by atoms with van der Waals surface area (Å²) in [5.41, 5.74) is 2.52. The highest BCUT2D eigenvalue weighted by Gasteiger charge is 2.16. The van der Waals surface area contributed by atoms with Crippen LogP contribution < -0.4 is 5.32 Å². The minimum absolute atomic E-state index is 0.181. The van der Waals surface area contributed by atoms with Gasteiger partial charge in [-0.1, -0.05) is 29.8 Å². The normalized spacial score (nSPS) is 11.1. The Hall–Kier alpha value is -2.98. The lowest BCUT2D eigenvalue weighted by Crippen LogP contribution is -2.16. The van der Waals surface area contributed by atoms with Gasteiger partial charge in [0, 0.05) is 18.0 Å².